The van der Waals surface area contributed by atoms with E-state index in [-0.39, 0.29) is 18.0 Å². The second-order valence-corrected chi connectivity index (χ2v) is 8.30. The minimum atomic E-state index is -0.235. The molecule has 1 saturated carbocycles. The van der Waals surface area contributed by atoms with E-state index in [1.165, 1.54) is 4.68 Å². The minimum Gasteiger partial charge on any atom is -0.370 e. The number of nitrogens with zero attached hydrogens (tertiary/aromatic N) is 8. The lowest BCUT2D eigenvalue weighted by molar-refractivity contribution is 0.358. The average molecular weight is 425 g/mol. The van der Waals surface area contributed by atoms with Crippen molar-refractivity contribution >= 4 is 28.3 Å². The van der Waals surface area contributed by atoms with Crippen LogP contribution in [0.5, 0.6) is 0 Å². The van der Waals surface area contributed by atoms with Crippen LogP contribution in [-0.2, 0) is 13.6 Å². The molecule has 5 heterocycles. The number of piperidine rings is 1. The molecule has 0 aromatic carbocycles. The summed E-state index contributed by atoms with van der Waals surface area (Å²) in [4.78, 5) is 27.8. The molecule has 1 saturated heterocycles. The molecule has 0 N–H and O–H groups in total. The fraction of sp³-hybridized carbons (Fsp3) is 0.368. The van der Waals surface area contributed by atoms with Crippen LogP contribution in [0.1, 0.15) is 17.6 Å². The number of fused-ring (bicyclic) bond motifs is 2. The number of aromatic nitrogens is 7. The molecule has 2 fully saturated rings. The van der Waals surface area contributed by atoms with E-state index in [9.17, 15) is 4.79 Å². The zero-order valence-electron chi connectivity index (χ0n) is 16.0. The van der Waals surface area contributed by atoms with Crippen LogP contribution < -0.4 is 10.5 Å². The Balaban J connectivity index is 1.17. The highest BCUT2D eigenvalue weighted by Gasteiger charge is 2.58. The predicted molar refractivity (Wildman–Crippen MR) is 107 cm³/mol. The molecule has 0 unspecified atom stereocenters. The van der Waals surface area contributed by atoms with Gasteiger partial charge in [0.25, 0.3) is 5.56 Å². The van der Waals surface area contributed by atoms with Crippen molar-refractivity contribution in [3.8, 4) is 0 Å². The molecule has 10 nitrogen and oxygen atoms in total. The Morgan fingerprint density at radius 3 is 2.87 bits per heavy atom. The summed E-state index contributed by atoms with van der Waals surface area (Å²) in [5.41, 5.74) is 1.87. The van der Waals surface area contributed by atoms with Crippen molar-refractivity contribution in [2.75, 3.05) is 18.0 Å². The number of imidazole rings is 1. The quantitative estimate of drug-likeness (QED) is 0.484. The van der Waals surface area contributed by atoms with Gasteiger partial charge in [-0.1, -0.05) is 16.8 Å². The van der Waals surface area contributed by atoms with Crippen LogP contribution in [0.4, 0.5) is 5.69 Å². The number of aryl methyl sites for hydroxylation is 1. The topological polar surface area (TPSA) is 108 Å². The summed E-state index contributed by atoms with van der Waals surface area (Å²) in [7, 11) is 1.78. The van der Waals surface area contributed by atoms with Gasteiger partial charge in [-0.15, -0.1) is 0 Å². The van der Waals surface area contributed by atoms with E-state index in [1.807, 2.05) is 12.3 Å². The molecule has 0 spiro atoms. The van der Waals surface area contributed by atoms with Crippen molar-refractivity contribution in [1.82, 2.24) is 34.5 Å². The van der Waals surface area contributed by atoms with Gasteiger partial charge in [-0.2, -0.15) is 10.1 Å². The highest BCUT2D eigenvalue weighted by Crippen LogP contribution is 2.57. The van der Waals surface area contributed by atoms with Crippen LogP contribution in [0.2, 0.25) is 5.02 Å². The van der Waals surface area contributed by atoms with Crippen molar-refractivity contribution in [3.63, 3.8) is 0 Å². The summed E-state index contributed by atoms with van der Waals surface area (Å²) < 4.78 is 8.42. The maximum Gasteiger partial charge on any atom is 0.293 e. The summed E-state index contributed by atoms with van der Waals surface area (Å²) in [5.74, 6) is 2.35. The van der Waals surface area contributed by atoms with E-state index in [1.54, 1.807) is 30.3 Å². The average Bonchev–Trinajstić information content (AvgIpc) is 3.16. The standard InChI is InChI=1S/C19H17ClN8O2/c1-26-9-22-14-5-23-28(19(29)17(14)26)8-15-24-18(25-30-15)16-12-6-27(7-13(12)16)11-2-10(20)3-21-4-11/h2-5,9,12-13,16H,6-8H2,1H3/t12-,13+,16+. The maximum absolute atomic E-state index is 12.7. The van der Waals surface area contributed by atoms with Crippen LogP contribution in [-0.4, -0.2) is 47.5 Å². The number of anilines is 1. The Hall–Kier alpha value is -3.27. The summed E-state index contributed by atoms with van der Waals surface area (Å²) >= 11 is 6.05. The second kappa shape index (κ2) is 6.36. The highest BCUT2D eigenvalue weighted by atomic mass is 35.5. The maximum atomic E-state index is 12.7. The molecule has 11 heteroatoms. The van der Waals surface area contributed by atoms with Crippen LogP contribution in [0.25, 0.3) is 11.0 Å². The van der Waals surface area contributed by atoms with E-state index < -0.39 is 0 Å². The van der Waals surface area contributed by atoms with Gasteiger partial charge in [0.05, 0.1) is 29.4 Å². The fourth-order valence-corrected chi connectivity index (χ4v) is 4.67. The first kappa shape index (κ1) is 17.6. The third kappa shape index (κ3) is 2.71. The predicted octanol–water partition coefficient (Wildman–Crippen LogP) is 1.46. The van der Waals surface area contributed by atoms with Crippen molar-refractivity contribution in [2.24, 2.45) is 18.9 Å². The Kier molecular flexibility index (Phi) is 3.73. The smallest absolute Gasteiger partial charge is 0.293 e. The van der Waals surface area contributed by atoms with E-state index in [2.05, 4.69) is 30.1 Å². The normalized spacial score (nSPS) is 22.6. The lowest BCUT2D eigenvalue weighted by Crippen LogP contribution is -2.24. The van der Waals surface area contributed by atoms with E-state index in [4.69, 9.17) is 16.1 Å². The van der Waals surface area contributed by atoms with Gasteiger partial charge in [-0.3, -0.25) is 9.78 Å². The molecule has 4 aromatic rings. The molecule has 2 aliphatic rings. The van der Waals surface area contributed by atoms with Crippen molar-refractivity contribution in [2.45, 2.75) is 12.5 Å². The van der Waals surface area contributed by atoms with Gasteiger partial charge in [-0.25, -0.2) is 9.67 Å². The Bertz CT molecular complexity index is 1320. The van der Waals surface area contributed by atoms with Gasteiger partial charge >= 0.3 is 0 Å². The van der Waals surface area contributed by atoms with Crippen molar-refractivity contribution < 1.29 is 4.52 Å². The molecule has 1 aliphatic heterocycles. The molecule has 3 atom stereocenters. The highest BCUT2D eigenvalue weighted by molar-refractivity contribution is 6.30. The zero-order valence-corrected chi connectivity index (χ0v) is 16.8. The van der Waals surface area contributed by atoms with Crippen LogP contribution in [0.3, 0.4) is 0 Å². The van der Waals surface area contributed by atoms with Gasteiger partial charge in [0.15, 0.2) is 5.82 Å². The third-order valence-electron chi connectivity index (χ3n) is 6.04. The summed E-state index contributed by atoms with van der Waals surface area (Å²) in [6.45, 7) is 1.97. The van der Waals surface area contributed by atoms with Crippen LogP contribution in [0, 0.1) is 11.8 Å². The SMILES string of the molecule is Cn1cnc2cnn(Cc3nc([C@H]4[C@@H]5CN(c6cncc(Cl)c6)C[C@@H]54)no3)c(=O)c21. The number of rotatable bonds is 4. The molecule has 6 rings (SSSR count). The summed E-state index contributed by atoms with van der Waals surface area (Å²) in [5, 5.41) is 8.98. The van der Waals surface area contributed by atoms with Gasteiger partial charge in [0.1, 0.15) is 17.6 Å². The van der Waals surface area contributed by atoms with Crippen LogP contribution in [0.15, 0.2) is 40.3 Å². The number of pyridine rings is 1. The molecule has 0 radical (unpaired) electrons. The fourth-order valence-electron chi connectivity index (χ4n) is 4.50. The first-order valence-corrected chi connectivity index (χ1v) is 10.0. The molecule has 0 bridgehead atoms. The van der Waals surface area contributed by atoms with E-state index in [0.717, 1.165) is 18.8 Å². The van der Waals surface area contributed by atoms with Gasteiger partial charge in [-0.05, 0) is 17.9 Å². The van der Waals surface area contributed by atoms with Gasteiger partial charge in [0, 0.05) is 32.3 Å². The first-order chi connectivity index (χ1) is 14.6. The first-order valence-electron chi connectivity index (χ1n) is 9.63. The molecule has 1 aliphatic carbocycles. The van der Waals surface area contributed by atoms with Crippen LogP contribution >= 0.6 is 11.6 Å². The largest absolute Gasteiger partial charge is 0.370 e. The lowest BCUT2D eigenvalue weighted by atomic mass is 10.2. The van der Waals surface area contributed by atoms with E-state index >= 15 is 0 Å². The van der Waals surface area contributed by atoms with Crippen molar-refractivity contribution in [3.05, 3.63) is 58.1 Å². The molecule has 0 amide bonds. The number of hydrogen-bond acceptors (Lipinski definition) is 8. The lowest BCUT2D eigenvalue weighted by Gasteiger charge is -2.21. The molecule has 30 heavy (non-hydrogen) atoms. The third-order valence-corrected chi connectivity index (χ3v) is 6.25. The second-order valence-electron chi connectivity index (χ2n) is 7.86. The minimum absolute atomic E-state index is 0.134. The molecule has 4 aromatic heterocycles. The monoisotopic (exact) mass is 424 g/mol. The Morgan fingerprint density at radius 1 is 1.23 bits per heavy atom. The molecular formula is C19H17ClN8O2. The zero-order chi connectivity index (χ0) is 20.4. The molecular weight excluding hydrogens is 408 g/mol. The summed E-state index contributed by atoms with van der Waals surface area (Å²) in [6.07, 6.45) is 6.63. The van der Waals surface area contributed by atoms with Gasteiger partial charge in [0.2, 0.25) is 5.89 Å². The Labute approximate surface area is 175 Å². The van der Waals surface area contributed by atoms with Crippen molar-refractivity contribution in [1.29, 1.82) is 0 Å². The summed E-state index contributed by atoms with van der Waals surface area (Å²) in [6, 6.07) is 1.94. The van der Waals surface area contributed by atoms with E-state index in [0.29, 0.717) is 39.6 Å². The van der Waals surface area contributed by atoms with Gasteiger partial charge < -0.3 is 14.0 Å². The Morgan fingerprint density at radius 2 is 2.07 bits per heavy atom. The molecule has 152 valence electrons. The number of halogens is 1. The number of hydrogen-bond donors (Lipinski definition) is 0.